The molecule has 0 spiro atoms. The Hall–Kier alpha value is -1.88. The minimum Gasteiger partial charge on any atom is -0.481 e. The zero-order valence-corrected chi connectivity index (χ0v) is 13.8. The molecule has 1 aromatic rings. The Morgan fingerprint density at radius 3 is 2.65 bits per heavy atom. The molecule has 126 valence electrons. The van der Waals surface area contributed by atoms with E-state index >= 15 is 0 Å². The van der Waals surface area contributed by atoms with Gasteiger partial charge < -0.3 is 14.7 Å². The zero-order valence-electron chi connectivity index (χ0n) is 13.8. The van der Waals surface area contributed by atoms with E-state index in [1.165, 1.54) is 0 Å². The SMILES string of the molecule is CC(C)(COCc1ccccc1)C(=O)N1CCCC(C(=O)O)C1. The van der Waals surface area contributed by atoms with Gasteiger partial charge in [0.2, 0.25) is 5.91 Å². The van der Waals surface area contributed by atoms with Crippen LogP contribution in [0.2, 0.25) is 0 Å². The van der Waals surface area contributed by atoms with Gasteiger partial charge in [-0.05, 0) is 32.3 Å². The number of hydrogen-bond acceptors (Lipinski definition) is 3. The van der Waals surface area contributed by atoms with Gasteiger partial charge in [0.1, 0.15) is 0 Å². The van der Waals surface area contributed by atoms with Gasteiger partial charge in [-0.25, -0.2) is 0 Å². The van der Waals surface area contributed by atoms with Crippen LogP contribution in [0.3, 0.4) is 0 Å². The molecule has 1 unspecified atom stereocenters. The third kappa shape index (κ3) is 4.79. The van der Waals surface area contributed by atoms with E-state index < -0.39 is 17.3 Å². The summed E-state index contributed by atoms with van der Waals surface area (Å²) in [6.07, 6.45) is 1.38. The molecule has 1 aliphatic heterocycles. The number of carboxylic acid groups (broad SMARTS) is 1. The van der Waals surface area contributed by atoms with Crippen LogP contribution in [0.5, 0.6) is 0 Å². The predicted octanol–water partition coefficient (Wildman–Crippen LogP) is 2.55. The quantitative estimate of drug-likeness (QED) is 0.875. The summed E-state index contributed by atoms with van der Waals surface area (Å²) in [5.41, 5.74) is 0.412. The molecule has 1 atom stereocenters. The van der Waals surface area contributed by atoms with Gasteiger partial charge >= 0.3 is 5.97 Å². The Morgan fingerprint density at radius 2 is 2.00 bits per heavy atom. The summed E-state index contributed by atoms with van der Waals surface area (Å²) in [6, 6.07) is 9.82. The number of carboxylic acids is 1. The number of carbonyl (C=O) groups is 2. The molecule has 0 bridgehead atoms. The lowest BCUT2D eigenvalue weighted by atomic mass is 9.90. The lowest BCUT2D eigenvalue weighted by molar-refractivity contribution is -0.150. The number of piperidine rings is 1. The Bertz CT molecular complexity index is 541. The van der Waals surface area contributed by atoms with Crippen LogP contribution in [0.25, 0.3) is 0 Å². The number of benzene rings is 1. The molecule has 1 N–H and O–H groups in total. The average Bonchev–Trinajstić information content (AvgIpc) is 2.55. The molecule has 1 aliphatic rings. The Balaban J connectivity index is 1.87. The molecule has 0 radical (unpaired) electrons. The molecule has 5 heteroatoms. The maximum Gasteiger partial charge on any atom is 0.308 e. The van der Waals surface area contributed by atoms with Crippen molar-refractivity contribution in [2.75, 3.05) is 19.7 Å². The van der Waals surface area contributed by atoms with Crippen molar-refractivity contribution in [1.82, 2.24) is 4.90 Å². The van der Waals surface area contributed by atoms with Crippen molar-refractivity contribution in [3.63, 3.8) is 0 Å². The topological polar surface area (TPSA) is 66.8 Å². The minimum absolute atomic E-state index is 0.0310. The molecule has 2 rings (SSSR count). The largest absolute Gasteiger partial charge is 0.481 e. The van der Waals surface area contributed by atoms with Crippen LogP contribution in [0.15, 0.2) is 30.3 Å². The lowest BCUT2D eigenvalue weighted by Gasteiger charge is -2.36. The zero-order chi connectivity index (χ0) is 16.9. The predicted molar refractivity (Wildman–Crippen MR) is 86.8 cm³/mol. The van der Waals surface area contributed by atoms with Crippen LogP contribution in [0, 0.1) is 11.3 Å². The Morgan fingerprint density at radius 1 is 1.30 bits per heavy atom. The van der Waals surface area contributed by atoms with Crippen LogP contribution in [-0.2, 0) is 20.9 Å². The van der Waals surface area contributed by atoms with Crippen LogP contribution in [0.4, 0.5) is 0 Å². The Kier molecular flexibility index (Phi) is 5.77. The number of carbonyl (C=O) groups excluding carboxylic acids is 1. The summed E-state index contributed by atoms with van der Waals surface area (Å²) >= 11 is 0. The van der Waals surface area contributed by atoms with E-state index in [1.54, 1.807) is 4.90 Å². The van der Waals surface area contributed by atoms with E-state index in [1.807, 2.05) is 44.2 Å². The number of nitrogens with zero attached hydrogens (tertiary/aromatic N) is 1. The van der Waals surface area contributed by atoms with E-state index in [0.717, 1.165) is 12.0 Å². The Labute approximate surface area is 137 Å². The molecule has 0 saturated carbocycles. The van der Waals surface area contributed by atoms with Gasteiger partial charge in [0.15, 0.2) is 0 Å². The van der Waals surface area contributed by atoms with Crippen LogP contribution in [-0.4, -0.2) is 41.6 Å². The summed E-state index contributed by atoms with van der Waals surface area (Å²) in [6.45, 7) is 5.42. The van der Waals surface area contributed by atoms with E-state index in [0.29, 0.717) is 32.7 Å². The maximum atomic E-state index is 12.7. The fourth-order valence-corrected chi connectivity index (χ4v) is 2.85. The van der Waals surface area contributed by atoms with Crippen molar-refractivity contribution in [3.05, 3.63) is 35.9 Å². The highest BCUT2D eigenvalue weighted by atomic mass is 16.5. The standard InChI is InChI=1S/C18H25NO4/c1-18(2,13-23-12-14-7-4-3-5-8-14)17(22)19-10-6-9-15(11-19)16(20)21/h3-5,7-8,15H,6,9-13H2,1-2H3,(H,20,21). The molecule has 1 amide bonds. The van der Waals surface area contributed by atoms with Crippen LogP contribution < -0.4 is 0 Å². The fourth-order valence-electron chi connectivity index (χ4n) is 2.85. The molecule has 1 heterocycles. The number of hydrogen-bond donors (Lipinski definition) is 1. The van der Waals surface area contributed by atoms with Crippen molar-refractivity contribution < 1.29 is 19.4 Å². The number of amides is 1. The first kappa shape index (κ1) is 17.5. The van der Waals surface area contributed by atoms with Crippen molar-refractivity contribution >= 4 is 11.9 Å². The van der Waals surface area contributed by atoms with E-state index in [-0.39, 0.29) is 5.91 Å². The number of ether oxygens (including phenoxy) is 1. The highest BCUT2D eigenvalue weighted by Gasteiger charge is 2.36. The summed E-state index contributed by atoms with van der Waals surface area (Å²) in [5.74, 6) is -1.30. The molecular weight excluding hydrogens is 294 g/mol. The summed E-state index contributed by atoms with van der Waals surface area (Å²) in [4.78, 5) is 25.5. The van der Waals surface area contributed by atoms with Gasteiger partial charge in [-0.15, -0.1) is 0 Å². The highest BCUT2D eigenvalue weighted by Crippen LogP contribution is 2.25. The molecule has 1 saturated heterocycles. The summed E-state index contributed by atoms with van der Waals surface area (Å²) in [5, 5.41) is 9.15. The summed E-state index contributed by atoms with van der Waals surface area (Å²) in [7, 11) is 0. The van der Waals surface area contributed by atoms with E-state index in [4.69, 9.17) is 9.84 Å². The van der Waals surface area contributed by atoms with E-state index in [9.17, 15) is 9.59 Å². The molecule has 0 aromatic heterocycles. The second-order valence-electron chi connectivity index (χ2n) is 6.79. The van der Waals surface area contributed by atoms with Crippen molar-refractivity contribution in [2.45, 2.75) is 33.3 Å². The summed E-state index contributed by atoms with van der Waals surface area (Å²) < 4.78 is 5.71. The third-order valence-corrected chi connectivity index (χ3v) is 4.21. The van der Waals surface area contributed by atoms with Gasteiger partial charge in [0.05, 0.1) is 24.5 Å². The molecule has 0 aliphatic carbocycles. The van der Waals surface area contributed by atoms with Gasteiger partial charge in [-0.2, -0.15) is 0 Å². The minimum atomic E-state index is -0.819. The normalized spacial score (nSPS) is 18.7. The van der Waals surface area contributed by atoms with Crippen molar-refractivity contribution in [2.24, 2.45) is 11.3 Å². The first-order valence-corrected chi connectivity index (χ1v) is 8.04. The number of rotatable bonds is 6. The smallest absolute Gasteiger partial charge is 0.308 e. The van der Waals surface area contributed by atoms with Crippen molar-refractivity contribution in [1.29, 1.82) is 0 Å². The molecular formula is C18H25NO4. The first-order valence-electron chi connectivity index (χ1n) is 8.04. The van der Waals surface area contributed by atoms with Gasteiger partial charge in [0, 0.05) is 13.1 Å². The van der Waals surface area contributed by atoms with Gasteiger partial charge in [-0.1, -0.05) is 30.3 Å². The second kappa shape index (κ2) is 7.59. The molecule has 1 fully saturated rings. The molecule has 5 nitrogen and oxygen atoms in total. The molecule has 1 aromatic carbocycles. The van der Waals surface area contributed by atoms with Gasteiger partial charge in [-0.3, -0.25) is 9.59 Å². The number of likely N-dealkylation sites (tertiary alicyclic amines) is 1. The van der Waals surface area contributed by atoms with Crippen LogP contribution >= 0.6 is 0 Å². The first-order chi connectivity index (χ1) is 10.9. The monoisotopic (exact) mass is 319 g/mol. The van der Waals surface area contributed by atoms with E-state index in [2.05, 4.69) is 0 Å². The third-order valence-electron chi connectivity index (χ3n) is 4.21. The maximum absolute atomic E-state index is 12.7. The van der Waals surface area contributed by atoms with Crippen LogP contribution in [0.1, 0.15) is 32.3 Å². The lowest BCUT2D eigenvalue weighted by Crippen LogP contribution is -2.48. The molecule has 23 heavy (non-hydrogen) atoms. The highest BCUT2D eigenvalue weighted by molar-refractivity contribution is 5.83. The number of aliphatic carboxylic acids is 1. The van der Waals surface area contributed by atoms with Crippen molar-refractivity contribution in [3.8, 4) is 0 Å². The average molecular weight is 319 g/mol. The van der Waals surface area contributed by atoms with Gasteiger partial charge in [0.25, 0.3) is 0 Å². The fraction of sp³-hybridized carbons (Fsp3) is 0.556. The second-order valence-corrected chi connectivity index (χ2v) is 6.79.